The van der Waals surface area contributed by atoms with Gasteiger partial charge < -0.3 is 15.6 Å². The molecule has 0 fully saturated rings. The van der Waals surface area contributed by atoms with E-state index in [2.05, 4.69) is 0 Å². The molecule has 1 heterocycles. The zero-order valence-electron chi connectivity index (χ0n) is 8.00. The third-order valence-electron chi connectivity index (χ3n) is 2.23. The smallest absolute Gasteiger partial charge is 0.142 e. The number of rotatable bonds is 1. The summed E-state index contributed by atoms with van der Waals surface area (Å²) < 4.78 is 6.16. The van der Waals surface area contributed by atoms with Crippen LogP contribution in [0.1, 0.15) is 5.56 Å². The lowest BCUT2D eigenvalue weighted by molar-refractivity contribution is 0.414. The van der Waals surface area contributed by atoms with Gasteiger partial charge in [-0.25, -0.2) is 0 Å². The monoisotopic (exact) mass is 209 g/mol. The van der Waals surface area contributed by atoms with Crippen LogP contribution in [0.15, 0.2) is 11.4 Å². The molecule has 0 aliphatic rings. The zero-order valence-corrected chi connectivity index (χ0v) is 8.81. The van der Waals surface area contributed by atoms with Crippen LogP contribution >= 0.6 is 11.3 Å². The first-order valence-electron chi connectivity index (χ1n) is 4.18. The van der Waals surface area contributed by atoms with Crippen LogP contribution in [0, 0.1) is 6.92 Å². The number of thiophene rings is 1. The highest BCUT2D eigenvalue weighted by Crippen LogP contribution is 2.42. The van der Waals surface area contributed by atoms with Crippen molar-refractivity contribution in [3.63, 3.8) is 0 Å². The number of fused-ring (bicyclic) bond motifs is 1. The average Bonchev–Trinajstić information content (AvgIpc) is 2.54. The summed E-state index contributed by atoms with van der Waals surface area (Å²) in [6, 6.07) is 1.55. The van der Waals surface area contributed by atoms with E-state index in [4.69, 9.17) is 10.5 Å². The summed E-state index contributed by atoms with van der Waals surface area (Å²) in [6.45, 7) is 1.97. The van der Waals surface area contributed by atoms with Crippen molar-refractivity contribution in [3.05, 3.63) is 17.0 Å². The molecule has 0 saturated heterocycles. The summed E-state index contributed by atoms with van der Waals surface area (Å²) in [6.07, 6.45) is 0. The minimum Gasteiger partial charge on any atom is -0.506 e. The van der Waals surface area contributed by atoms with Crippen LogP contribution in [0.4, 0.5) is 5.69 Å². The largest absolute Gasteiger partial charge is 0.506 e. The van der Waals surface area contributed by atoms with Crippen molar-refractivity contribution >= 4 is 27.1 Å². The Balaban J connectivity index is 2.92. The second kappa shape index (κ2) is 3.06. The van der Waals surface area contributed by atoms with Crippen LogP contribution in [-0.2, 0) is 0 Å². The fraction of sp³-hybridized carbons (Fsp3) is 0.200. The van der Waals surface area contributed by atoms with Crippen molar-refractivity contribution < 1.29 is 9.84 Å². The Kier molecular flexibility index (Phi) is 2.00. The molecule has 0 saturated carbocycles. The summed E-state index contributed by atoms with van der Waals surface area (Å²) in [4.78, 5) is 0. The van der Waals surface area contributed by atoms with Gasteiger partial charge in [0.05, 0.1) is 17.5 Å². The summed E-state index contributed by atoms with van der Waals surface area (Å²) in [5, 5.41) is 12.5. The molecular formula is C10H11NO2S. The van der Waals surface area contributed by atoms with Gasteiger partial charge in [0.1, 0.15) is 11.5 Å². The molecule has 2 aromatic rings. The first kappa shape index (κ1) is 9.15. The first-order chi connectivity index (χ1) is 6.65. The van der Waals surface area contributed by atoms with E-state index in [0.29, 0.717) is 11.4 Å². The molecule has 3 nitrogen and oxygen atoms in total. The molecule has 14 heavy (non-hydrogen) atoms. The highest BCUT2D eigenvalue weighted by atomic mass is 32.1. The number of ether oxygens (including phenoxy) is 1. The number of phenolic OH excluding ortho intramolecular Hbond substituents is 1. The minimum absolute atomic E-state index is 0.0795. The SMILES string of the molecule is COc1cc(O)c(N)c2c(C)csc12. The first-order valence-corrected chi connectivity index (χ1v) is 5.06. The number of hydrogen-bond donors (Lipinski definition) is 2. The molecule has 1 aromatic heterocycles. The number of nitrogens with two attached hydrogens (primary N) is 1. The second-order valence-electron chi connectivity index (χ2n) is 3.13. The van der Waals surface area contributed by atoms with Crippen molar-refractivity contribution in [2.75, 3.05) is 12.8 Å². The van der Waals surface area contributed by atoms with Crippen LogP contribution in [-0.4, -0.2) is 12.2 Å². The molecule has 0 bridgehead atoms. The molecule has 3 N–H and O–H groups in total. The van der Waals surface area contributed by atoms with E-state index in [1.54, 1.807) is 24.5 Å². The Morgan fingerprint density at radius 1 is 1.50 bits per heavy atom. The van der Waals surface area contributed by atoms with E-state index in [1.165, 1.54) is 0 Å². The molecule has 0 radical (unpaired) electrons. The van der Waals surface area contributed by atoms with Gasteiger partial charge in [-0.1, -0.05) is 0 Å². The molecule has 0 aliphatic heterocycles. The standard InChI is InChI=1S/C10H11NO2S/c1-5-4-14-10-7(13-2)3-6(12)9(11)8(5)10/h3-4,12H,11H2,1-2H3. The lowest BCUT2D eigenvalue weighted by atomic mass is 10.1. The summed E-state index contributed by atoms with van der Waals surface area (Å²) in [7, 11) is 1.58. The highest BCUT2D eigenvalue weighted by Gasteiger charge is 2.13. The number of phenols is 1. The van der Waals surface area contributed by atoms with Crippen molar-refractivity contribution in [1.82, 2.24) is 0 Å². The van der Waals surface area contributed by atoms with Crippen molar-refractivity contribution in [3.8, 4) is 11.5 Å². The van der Waals surface area contributed by atoms with Gasteiger partial charge in [0.15, 0.2) is 0 Å². The van der Waals surface area contributed by atoms with Crippen LogP contribution < -0.4 is 10.5 Å². The number of nitrogen functional groups attached to an aromatic ring is 1. The predicted molar refractivity (Wildman–Crippen MR) is 59.2 cm³/mol. The van der Waals surface area contributed by atoms with Gasteiger partial charge in [-0.2, -0.15) is 0 Å². The normalized spacial score (nSPS) is 10.7. The number of aromatic hydroxyl groups is 1. The Hall–Kier alpha value is -1.42. The van der Waals surface area contributed by atoms with Gasteiger partial charge in [-0.15, -0.1) is 11.3 Å². The number of hydrogen-bond acceptors (Lipinski definition) is 4. The molecular weight excluding hydrogens is 198 g/mol. The Labute approximate surface area is 85.7 Å². The van der Waals surface area contributed by atoms with E-state index in [1.807, 2.05) is 12.3 Å². The number of anilines is 1. The number of benzene rings is 1. The van der Waals surface area contributed by atoms with Crippen molar-refractivity contribution in [2.24, 2.45) is 0 Å². The van der Waals surface area contributed by atoms with Crippen molar-refractivity contribution in [2.45, 2.75) is 6.92 Å². The summed E-state index contributed by atoms with van der Waals surface area (Å²) in [5.74, 6) is 0.751. The third-order valence-corrected chi connectivity index (χ3v) is 3.34. The van der Waals surface area contributed by atoms with E-state index in [9.17, 15) is 5.11 Å². The molecule has 74 valence electrons. The fourth-order valence-corrected chi connectivity index (χ4v) is 2.57. The topological polar surface area (TPSA) is 55.5 Å². The van der Waals surface area contributed by atoms with Gasteiger partial charge in [0.2, 0.25) is 0 Å². The summed E-state index contributed by atoms with van der Waals surface area (Å²) in [5.41, 5.74) is 7.28. The van der Waals surface area contributed by atoms with Crippen molar-refractivity contribution in [1.29, 1.82) is 0 Å². The maximum atomic E-state index is 9.57. The molecule has 0 unspecified atom stereocenters. The van der Waals surface area contributed by atoms with Crippen LogP contribution in [0.25, 0.3) is 10.1 Å². The molecule has 0 spiro atoms. The summed E-state index contributed by atoms with van der Waals surface area (Å²) >= 11 is 1.57. The minimum atomic E-state index is 0.0795. The Morgan fingerprint density at radius 2 is 2.21 bits per heavy atom. The van der Waals surface area contributed by atoms with Crippen LogP contribution in [0.5, 0.6) is 11.5 Å². The number of aryl methyl sites for hydroxylation is 1. The number of methoxy groups -OCH3 is 1. The second-order valence-corrected chi connectivity index (χ2v) is 4.01. The molecule has 1 aromatic carbocycles. The fourth-order valence-electron chi connectivity index (χ4n) is 1.51. The molecule has 0 atom stereocenters. The molecule has 0 amide bonds. The predicted octanol–water partition coefficient (Wildman–Crippen LogP) is 2.51. The van der Waals surface area contributed by atoms with Gasteiger partial charge in [-0.3, -0.25) is 0 Å². The Bertz CT molecular complexity index is 490. The molecule has 0 aliphatic carbocycles. The van der Waals surface area contributed by atoms with Gasteiger partial charge >= 0.3 is 0 Å². The molecule has 4 heteroatoms. The quantitative estimate of drug-likeness (QED) is 0.560. The third kappa shape index (κ3) is 1.11. The van der Waals surface area contributed by atoms with Gasteiger partial charge in [-0.05, 0) is 17.9 Å². The Morgan fingerprint density at radius 3 is 2.86 bits per heavy atom. The van der Waals surface area contributed by atoms with Crippen LogP contribution in [0.2, 0.25) is 0 Å². The average molecular weight is 209 g/mol. The molecule has 2 rings (SSSR count). The van der Waals surface area contributed by atoms with E-state index < -0.39 is 0 Å². The lowest BCUT2D eigenvalue weighted by Gasteiger charge is -2.06. The zero-order chi connectivity index (χ0) is 10.3. The highest BCUT2D eigenvalue weighted by molar-refractivity contribution is 7.17. The van der Waals surface area contributed by atoms with E-state index in [-0.39, 0.29) is 5.75 Å². The maximum absolute atomic E-state index is 9.57. The van der Waals surface area contributed by atoms with Gasteiger partial charge in [0, 0.05) is 11.5 Å². The van der Waals surface area contributed by atoms with E-state index in [0.717, 1.165) is 15.6 Å². The van der Waals surface area contributed by atoms with Gasteiger partial charge in [0.25, 0.3) is 0 Å². The lowest BCUT2D eigenvalue weighted by Crippen LogP contribution is -1.90. The van der Waals surface area contributed by atoms with Crippen LogP contribution in [0.3, 0.4) is 0 Å². The maximum Gasteiger partial charge on any atom is 0.142 e. The van der Waals surface area contributed by atoms with E-state index >= 15 is 0 Å².